The van der Waals surface area contributed by atoms with Gasteiger partial charge < -0.3 is 9.47 Å². The number of Topliss-reactive ketones (excluding diaryl/α,β-unsaturated/α-hetero) is 1. The van der Waals surface area contributed by atoms with Crippen LogP contribution in [-0.4, -0.2) is 35.3 Å². The number of carbonyl (C=O) groups is 2. The molecular formula is C13H20N2O2. The second-order valence-electron chi connectivity index (χ2n) is 4.70. The highest BCUT2D eigenvalue weighted by molar-refractivity contribution is 5.97. The van der Waals surface area contributed by atoms with E-state index in [-0.39, 0.29) is 17.6 Å². The van der Waals surface area contributed by atoms with E-state index >= 15 is 0 Å². The van der Waals surface area contributed by atoms with Crippen LogP contribution in [0.5, 0.6) is 0 Å². The highest BCUT2D eigenvalue weighted by Crippen LogP contribution is 2.09. The fourth-order valence-electron chi connectivity index (χ4n) is 1.51. The topological polar surface area (TPSA) is 42.3 Å². The summed E-state index contributed by atoms with van der Waals surface area (Å²) >= 11 is 0. The number of carbonyl (C=O) groups excluding carboxylic acids is 2. The fraction of sp³-hybridized carbons (Fsp3) is 0.538. The average Bonchev–Trinajstić information content (AvgIpc) is 2.72. The lowest BCUT2D eigenvalue weighted by Crippen LogP contribution is -2.22. The van der Waals surface area contributed by atoms with Crippen molar-refractivity contribution in [1.29, 1.82) is 0 Å². The summed E-state index contributed by atoms with van der Waals surface area (Å²) in [5, 5.41) is 0. The number of rotatable bonds is 5. The van der Waals surface area contributed by atoms with E-state index in [9.17, 15) is 9.59 Å². The Hall–Kier alpha value is -1.58. The van der Waals surface area contributed by atoms with Crippen LogP contribution < -0.4 is 0 Å². The van der Waals surface area contributed by atoms with Crippen LogP contribution >= 0.6 is 0 Å². The van der Waals surface area contributed by atoms with Gasteiger partial charge in [-0.2, -0.15) is 0 Å². The maximum Gasteiger partial charge on any atom is 0.223 e. The molecule has 0 aliphatic carbocycles. The molecule has 0 radical (unpaired) electrons. The Morgan fingerprint density at radius 2 is 2.00 bits per heavy atom. The van der Waals surface area contributed by atoms with Gasteiger partial charge in [-0.05, 0) is 6.07 Å². The Morgan fingerprint density at radius 1 is 1.35 bits per heavy atom. The minimum atomic E-state index is 0.00857. The van der Waals surface area contributed by atoms with E-state index in [4.69, 9.17) is 0 Å². The van der Waals surface area contributed by atoms with Gasteiger partial charge >= 0.3 is 0 Å². The Balaban J connectivity index is 2.58. The van der Waals surface area contributed by atoms with Gasteiger partial charge in [0.15, 0.2) is 5.78 Å². The smallest absolute Gasteiger partial charge is 0.223 e. The third kappa shape index (κ3) is 3.73. The SMILES string of the molecule is CC(C)C(=O)c1ccn(CCC(=O)N(C)C)c1. The van der Waals surface area contributed by atoms with Crippen molar-refractivity contribution in [3.63, 3.8) is 0 Å². The third-order valence-corrected chi connectivity index (χ3v) is 2.64. The minimum Gasteiger partial charge on any atom is -0.353 e. The van der Waals surface area contributed by atoms with Crippen LogP contribution in [0.2, 0.25) is 0 Å². The van der Waals surface area contributed by atoms with E-state index in [2.05, 4.69) is 0 Å². The lowest BCUT2D eigenvalue weighted by atomic mass is 10.0. The molecule has 1 aromatic rings. The summed E-state index contributed by atoms with van der Waals surface area (Å²) < 4.78 is 1.89. The summed E-state index contributed by atoms with van der Waals surface area (Å²) in [5.41, 5.74) is 0.720. The number of aromatic nitrogens is 1. The first-order valence-corrected chi connectivity index (χ1v) is 5.82. The first kappa shape index (κ1) is 13.5. The first-order valence-electron chi connectivity index (χ1n) is 5.82. The van der Waals surface area contributed by atoms with Gasteiger partial charge in [-0.3, -0.25) is 9.59 Å². The van der Waals surface area contributed by atoms with Gasteiger partial charge in [0.25, 0.3) is 0 Å². The van der Waals surface area contributed by atoms with Crippen molar-refractivity contribution < 1.29 is 9.59 Å². The Morgan fingerprint density at radius 3 is 2.53 bits per heavy atom. The van der Waals surface area contributed by atoms with Gasteiger partial charge in [0.05, 0.1) is 0 Å². The van der Waals surface area contributed by atoms with E-state index in [0.717, 1.165) is 5.56 Å². The zero-order chi connectivity index (χ0) is 13.0. The van der Waals surface area contributed by atoms with Gasteiger partial charge in [-0.15, -0.1) is 0 Å². The predicted octanol–water partition coefficient (Wildman–Crippen LogP) is 1.81. The van der Waals surface area contributed by atoms with Crippen LogP contribution in [-0.2, 0) is 11.3 Å². The number of hydrogen-bond acceptors (Lipinski definition) is 2. The Labute approximate surface area is 102 Å². The van der Waals surface area contributed by atoms with Gasteiger partial charge in [0.2, 0.25) is 5.91 Å². The zero-order valence-corrected chi connectivity index (χ0v) is 10.9. The van der Waals surface area contributed by atoms with Crippen molar-refractivity contribution in [3.8, 4) is 0 Å². The third-order valence-electron chi connectivity index (χ3n) is 2.64. The molecule has 0 atom stereocenters. The Bertz CT molecular complexity index is 405. The van der Waals surface area contributed by atoms with E-state index in [1.165, 1.54) is 0 Å². The summed E-state index contributed by atoms with van der Waals surface area (Å²) in [6.45, 7) is 4.38. The molecule has 0 saturated carbocycles. The summed E-state index contributed by atoms with van der Waals surface area (Å²) in [6, 6.07) is 1.81. The van der Waals surface area contributed by atoms with Crippen LogP contribution in [0.25, 0.3) is 0 Å². The van der Waals surface area contributed by atoms with Gasteiger partial charge in [0.1, 0.15) is 0 Å². The van der Waals surface area contributed by atoms with Crippen LogP contribution in [0, 0.1) is 5.92 Å². The molecule has 17 heavy (non-hydrogen) atoms. The molecule has 0 N–H and O–H groups in total. The van der Waals surface area contributed by atoms with Crippen LogP contribution in [0.15, 0.2) is 18.5 Å². The molecule has 1 aromatic heterocycles. The highest BCUT2D eigenvalue weighted by Gasteiger charge is 2.12. The second kappa shape index (κ2) is 5.66. The molecule has 0 aliphatic heterocycles. The maximum absolute atomic E-state index is 11.7. The summed E-state index contributed by atoms with van der Waals surface area (Å²) in [4.78, 5) is 24.7. The van der Waals surface area contributed by atoms with Crippen molar-refractivity contribution >= 4 is 11.7 Å². The second-order valence-corrected chi connectivity index (χ2v) is 4.70. The summed E-state index contributed by atoms with van der Waals surface area (Å²) in [6.07, 6.45) is 4.11. The quantitative estimate of drug-likeness (QED) is 0.732. The molecule has 4 heteroatoms. The minimum absolute atomic E-state index is 0.00857. The van der Waals surface area contributed by atoms with Crippen LogP contribution in [0.3, 0.4) is 0 Å². The molecule has 94 valence electrons. The number of nitrogens with zero attached hydrogens (tertiary/aromatic N) is 2. The lowest BCUT2D eigenvalue weighted by molar-refractivity contribution is -0.128. The van der Waals surface area contributed by atoms with E-state index in [1.54, 1.807) is 19.0 Å². The van der Waals surface area contributed by atoms with Gasteiger partial charge in [0, 0.05) is 50.9 Å². The molecule has 4 nitrogen and oxygen atoms in total. The van der Waals surface area contributed by atoms with Gasteiger partial charge in [-0.25, -0.2) is 0 Å². The van der Waals surface area contributed by atoms with E-state index in [0.29, 0.717) is 13.0 Å². The fourth-order valence-corrected chi connectivity index (χ4v) is 1.51. The van der Waals surface area contributed by atoms with Gasteiger partial charge in [-0.1, -0.05) is 13.8 Å². The normalized spacial score (nSPS) is 10.6. The van der Waals surface area contributed by atoms with Crippen molar-refractivity contribution in [2.75, 3.05) is 14.1 Å². The van der Waals surface area contributed by atoms with E-state index in [1.807, 2.05) is 36.9 Å². The number of ketones is 1. The predicted molar refractivity (Wildman–Crippen MR) is 66.9 cm³/mol. The Kier molecular flexibility index (Phi) is 4.49. The lowest BCUT2D eigenvalue weighted by Gasteiger charge is -2.10. The first-order chi connectivity index (χ1) is 7.91. The van der Waals surface area contributed by atoms with Crippen LogP contribution in [0.1, 0.15) is 30.6 Å². The standard InChI is InChI=1S/C13H20N2O2/c1-10(2)13(17)11-5-7-15(9-11)8-6-12(16)14(3)4/h5,7,9-10H,6,8H2,1-4H3. The molecule has 1 rings (SSSR count). The summed E-state index contributed by atoms with van der Waals surface area (Å²) in [5.74, 6) is 0.243. The average molecular weight is 236 g/mol. The van der Waals surface area contributed by atoms with Crippen molar-refractivity contribution in [2.24, 2.45) is 5.92 Å². The molecule has 0 aromatic carbocycles. The molecule has 0 unspecified atom stereocenters. The monoisotopic (exact) mass is 236 g/mol. The summed E-state index contributed by atoms with van der Waals surface area (Å²) in [7, 11) is 3.48. The molecule has 0 bridgehead atoms. The zero-order valence-electron chi connectivity index (χ0n) is 10.9. The molecule has 1 heterocycles. The number of hydrogen-bond donors (Lipinski definition) is 0. The van der Waals surface area contributed by atoms with E-state index < -0.39 is 0 Å². The van der Waals surface area contributed by atoms with Crippen molar-refractivity contribution in [2.45, 2.75) is 26.8 Å². The largest absolute Gasteiger partial charge is 0.353 e. The molecule has 0 fully saturated rings. The number of aryl methyl sites for hydroxylation is 1. The molecule has 0 aliphatic rings. The molecular weight excluding hydrogens is 216 g/mol. The molecule has 1 amide bonds. The number of amides is 1. The molecule has 0 spiro atoms. The van der Waals surface area contributed by atoms with Crippen molar-refractivity contribution in [3.05, 3.63) is 24.0 Å². The van der Waals surface area contributed by atoms with Crippen LogP contribution in [0.4, 0.5) is 0 Å². The maximum atomic E-state index is 11.7. The highest BCUT2D eigenvalue weighted by atomic mass is 16.2. The molecule has 0 saturated heterocycles. The van der Waals surface area contributed by atoms with Crippen molar-refractivity contribution in [1.82, 2.24) is 9.47 Å².